The van der Waals surface area contributed by atoms with Crippen LogP contribution in [0, 0.1) is 5.41 Å². The molecule has 0 aromatic carbocycles. The molecule has 1 fully saturated rings. The van der Waals surface area contributed by atoms with Gasteiger partial charge >= 0.3 is 0 Å². The number of aliphatic hydroxyl groups is 1. The van der Waals surface area contributed by atoms with Crippen molar-refractivity contribution in [1.29, 1.82) is 0 Å². The van der Waals surface area contributed by atoms with E-state index in [0.717, 1.165) is 24.0 Å². The molecule has 0 bridgehead atoms. The van der Waals surface area contributed by atoms with E-state index in [1.807, 2.05) is 11.8 Å². The zero-order valence-corrected chi connectivity index (χ0v) is 11.1. The van der Waals surface area contributed by atoms with E-state index in [4.69, 9.17) is 5.11 Å². The molecule has 1 rings (SSSR count). The Kier molecular flexibility index (Phi) is 5.44. The minimum absolute atomic E-state index is 0.328. The van der Waals surface area contributed by atoms with Crippen LogP contribution in [0.25, 0.3) is 0 Å². The third-order valence-corrected chi connectivity index (χ3v) is 4.81. The van der Waals surface area contributed by atoms with Crippen LogP contribution < -0.4 is 5.32 Å². The second kappa shape index (κ2) is 6.12. The van der Waals surface area contributed by atoms with Crippen LogP contribution in [-0.4, -0.2) is 35.3 Å². The van der Waals surface area contributed by atoms with E-state index >= 15 is 0 Å². The summed E-state index contributed by atoms with van der Waals surface area (Å²) < 4.78 is 0. The van der Waals surface area contributed by atoms with E-state index in [9.17, 15) is 0 Å². The molecule has 1 saturated carbocycles. The summed E-state index contributed by atoms with van der Waals surface area (Å²) in [6.45, 7) is 8.31. The highest BCUT2D eigenvalue weighted by molar-refractivity contribution is 7.99. The molecule has 0 aliphatic heterocycles. The van der Waals surface area contributed by atoms with Crippen LogP contribution in [0.1, 0.15) is 40.0 Å². The Morgan fingerprint density at radius 2 is 2.20 bits per heavy atom. The molecule has 2 N–H and O–H groups in total. The van der Waals surface area contributed by atoms with Gasteiger partial charge in [-0.1, -0.05) is 20.8 Å². The van der Waals surface area contributed by atoms with E-state index in [2.05, 4.69) is 26.1 Å². The van der Waals surface area contributed by atoms with Crippen molar-refractivity contribution < 1.29 is 5.11 Å². The van der Waals surface area contributed by atoms with Gasteiger partial charge in [0.25, 0.3) is 0 Å². The van der Waals surface area contributed by atoms with Crippen molar-refractivity contribution in [2.45, 2.75) is 51.3 Å². The van der Waals surface area contributed by atoms with E-state index < -0.39 is 0 Å². The SMILES string of the molecule is CCNC1C(SCCCO)CCC1(C)C. The third-order valence-electron chi connectivity index (χ3n) is 3.35. The number of rotatable bonds is 6. The molecule has 0 aromatic rings. The molecule has 0 spiro atoms. The second-order valence-electron chi connectivity index (χ2n) is 5.05. The monoisotopic (exact) mass is 231 g/mol. The highest BCUT2D eigenvalue weighted by Crippen LogP contribution is 2.42. The zero-order valence-electron chi connectivity index (χ0n) is 10.3. The second-order valence-corrected chi connectivity index (χ2v) is 6.40. The summed E-state index contributed by atoms with van der Waals surface area (Å²) >= 11 is 2.04. The summed E-state index contributed by atoms with van der Waals surface area (Å²) in [5, 5.41) is 13.2. The van der Waals surface area contributed by atoms with Gasteiger partial charge in [-0.15, -0.1) is 0 Å². The number of thioether (sulfide) groups is 1. The van der Waals surface area contributed by atoms with Crippen molar-refractivity contribution >= 4 is 11.8 Å². The van der Waals surface area contributed by atoms with Crippen LogP contribution in [-0.2, 0) is 0 Å². The first-order chi connectivity index (χ1) is 7.11. The van der Waals surface area contributed by atoms with Gasteiger partial charge in [0.15, 0.2) is 0 Å². The van der Waals surface area contributed by atoms with E-state index in [1.54, 1.807) is 0 Å². The summed E-state index contributed by atoms with van der Waals surface area (Å²) in [7, 11) is 0. The lowest BCUT2D eigenvalue weighted by Gasteiger charge is -2.31. The predicted molar refractivity (Wildman–Crippen MR) is 68.4 cm³/mol. The lowest BCUT2D eigenvalue weighted by atomic mass is 9.87. The fourth-order valence-electron chi connectivity index (χ4n) is 2.45. The first-order valence-corrected chi connectivity index (χ1v) is 7.12. The predicted octanol–water partition coefficient (Wildman–Crippen LogP) is 2.27. The van der Waals surface area contributed by atoms with Crippen LogP contribution in [0.2, 0.25) is 0 Å². The minimum atomic E-state index is 0.328. The first-order valence-electron chi connectivity index (χ1n) is 6.07. The van der Waals surface area contributed by atoms with Crippen molar-refractivity contribution in [2.24, 2.45) is 5.41 Å². The molecule has 1 aliphatic carbocycles. The average Bonchev–Trinajstić information content (AvgIpc) is 2.46. The molecule has 2 nitrogen and oxygen atoms in total. The Hall–Kier alpha value is 0.270. The van der Waals surface area contributed by atoms with Crippen LogP contribution in [0.5, 0.6) is 0 Å². The van der Waals surface area contributed by atoms with E-state index in [0.29, 0.717) is 18.1 Å². The Bertz CT molecular complexity index is 184. The Balaban J connectivity index is 2.42. The average molecular weight is 231 g/mol. The number of aliphatic hydroxyl groups excluding tert-OH is 1. The Morgan fingerprint density at radius 3 is 2.80 bits per heavy atom. The van der Waals surface area contributed by atoms with Crippen molar-refractivity contribution in [3.63, 3.8) is 0 Å². The van der Waals surface area contributed by atoms with Crippen molar-refractivity contribution in [1.82, 2.24) is 5.32 Å². The van der Waals surface area contributed by atoms with Gasteiger partial charge in [0.2, 0.25) is 0 Å². The minimum Gasteiger partial charge on any atom is -0.396 e. The van der Waals surface area contributed by atoms with Crippen LogP contribution in [0.4, 0.5) is 0 Å². The molecule has 2 unspecified atom stereocenters. The molecule has 0 heterocycles. The van der Waals surface area contributed by atoms with Gasteiger partial charge in [-0.25, -0.2) is 0 Å². The molecule has 2 atom stereocenters. The molecule has 0 amide bonds. The third kappa shape index (κ3) is 3.65. The summed E-state index contributed by atoms with van der Waals surface area (Å²) in [4.78, 5) is 0. The van der Waals surface area contributed by atoms with E-state index in [1.165, 1.54) is 12.8 Å². The molecule has 0 radical (unpaired) electrons. The molecule has 0 aromatic heterocycles. The molecule has 1 aliphatic rings. The first kappa shape index (κ1) is 13.3. The zero-order chi connectivity index (χ0) is 11.3. The Morgan fingerprint density at radius 1 is 1.47 bits per heavy atom. The van der Waals surface area contributed by atoms with Gasteiger partial charge < -0.3 is 10.4 Å². The van der Waals surface area contributed by atoms with Crippen LogP contribution in [0.15, 0.2) is 0 Å². The smallest absolute Gasteiger partial charge is 0.0438 e. The van der Waals surface area contributed by atoms with Gasteiger partial charge in [-0.05, 0) is 37.0 Å². The lowest BCUT2D eigenvalue weighted by Crippen LogP contribution is -2.43. The van der Waals surface area contributed by atoms with Crippen molar-refractivity contribution in [2.75, 3.05) is 18.9 Å². The summed E-state index contributed by atoms with van der Waals surface area (Å²) in [6, 6.07) is 0.645. The highest BCUT2D eigenvalue weighted by Gasteiger charge is 2.41. The topological polar surface area (TPSA) is 32.3 Å². The fourth-order valence-corrected chi connectivity index (χ4v) is 3.99. The standard InChI is InChI=1S/C12H25NOS/c1-4-13-11-10(15-9-5-8-14)6-7-12(11,2)3/h10-11,13-14H,4-9H2,1-3H3. The maximum absolute atomic E-state index is 8.78. The summed E-state index contributed by atoms with van der Waals surface area (Å²) in [5.74, 6) is 1.10. The van der Waals surface area contributed by atoms with Gasteiger partial charge in [0.05, 0.1) is 0 Å². The molecule has 0 saturated heterocycles. The van der Waals surface area contributed by atoms with Crippen molar-refractivity contribution in [3.8, 4) is 0 Å². The quantitative estimate of drug-likeness (QED) is 0.688. The lowest BCUT2D eigenvalue weighted by molar-refractivity contribution is 0.289. The molecular formula is C12H25NOS. The molecule has 15 heavy (non-hydrogen) atoms. The number of hydrogen-bond acceptors (Lipinski definition) is 3. The van der Waals surface area contributed by atoms with Crippen LogP contribution in [0.3, 0.4) is 0 Å². The summed E-state index contributed by atoms with van der Waals surface area (Å²) in [6.07, 6.45) is 3.57. The van der Waals surface area contributed by atoms with Crippen molar-refractivity contribution in [3.05, 3.63) is 0 Å². The normalized spacial score (nSPS) is 29.6. The Labute approximate surface area is 98.2 Å². The maximum Gasteiger partial charge on any atom is 0.0438 e. The maximum atomic E-state index is 8.78. The number of hydrogen-bond donors (Lipinski definition) is 2. The van der Waals surface area contributed by atoms with E-state index in [-0.39, 0.29) is 0 Å². The van der Waals surface area contributed by atoms with Gasteiger partial charge in [-0.3, -0.25) is 0 Å². The molecule has 90 valence electrons. The van der Waals surface area contributed by atoms with Gasteiger partial charge in [0.1, 0.15) is 0 Å². The van der Waals surface area contributed by atoms with Gasteiger partial charge in [0, 0.05) is 17.9 Å². The summed E-state index contributed by atoms with van der Waals surface area (Å²) in [5.41, 5.74) is 0.437. The molecule has 3 heteroatoms. The largest absolute Gasteiger partial charge is 0.396 e. The van der Waals surface area contributed by atoms with Crippen LogP contribution >= 0.6 is 11.8 Å². The number of nitrogens with one attached hydrogen (secondary N) is 1. The molecular weight excluding hydrogens is 206 g/mol. The van der Waals surface area contributed by atoms with Gasteiger partial charge in [-0.2, -0.15) is 11.8 Å². The fraction of sp³-hybridized carbons (Fsp3) is 1.00. The highest BCUT2D eigenvalue weighted by atomic mass is 32.2.